The van der Waals surface area contributed by atoms with Crippen molar-refractivity contribution < 1.29 is 0 Å². The summed E-state index contributed by atoms with van der Waals surface area (Å²) in [6.07, 6.45) is 9.70. The summed E-state index contributed by atoms with van der Waals surface area (Å²) in [4.78, 5) is 0. The molecule has 3 heterocycles. The average Bonchev–Trinajstić information content (AvgIpc) is 3.66. The highest BCUT2D eigenvalue weighted by Gasteiger charge is 2.27. The first-order valence-corrected chi connectivity index (χ1v) is 17.0. The Labute approximate surface area is 256 Å². The van der Waals surface area contributed by atoms with Gasteiger partial charge in [-0.25, -0.2) is 0 Å². The summed E-state index contributed by atoms with van der Waals surface area (Å²) in [5.74, 6) is 1.18. The fraction of sp³-hybridized carbons (Fsp3) is 0.471. The molecule has 0 bridgehead atoms. The number of fused-ring (bicyclic) bond motifs is 10. The van der Waals surface area contributed by atoms with Crippen molar-refractivity contribution in [2.24, 2.45) is 11.8 Å². The molecule has 0 aliphatic rings. The number of benzene rings is 3. The third-order valence-corrected chi connectivity index (χ3v) is 10.2. The molecule has 4 nitrogen and oxygen atoms in total. The lowest BCUT2D eigenvalue weighted by Crippen LogP contribution is -2.13. The van der Waals surface area contributed by atoms with E-state index < -0.39 is 0 Å². The van der Waals surface area contributed by atoms with E-state index in [1.165, 1.54) is 93.9 Å². The molecule has 0 radical (unpaired) electrons. The van der Waals surface area contributed by atoms with Crippen molar-refractivity contribution in [3.63, 3.8) is 0 Å². The minimum absolute atomic E-state index is 0.590. The summed E-state index contributed by atoms with van der Waals surface area (Å²) in [5, 5.41) is 6.37. The van der Waals surface area contributed by atoms with Crippen molar-refractivity contribution in [2.75, 3.05) is 0 Å². The Balaban J connectivity index is 1.78. The molecule has 0 spiro atoms. The van der Waals surface area contributed by atoms with E-state index in [0.29, 0.717) is 11.8 Å². The van der Waals surface area contributed by atoms with Crippen molar-refractivity contribution in [1.29, 1.82) is 0 Å². The number of rotatable bonds is 12. The lowest BCUT2D eigenvalue weighted by molar-refractivity contribution is 0.398. The van der Waals surface area contributed by atoms with Crippen molar-refractivity contribution in [1.82, 2.24) is 17.9 Å². The van der Waals surface area contributed by atoms with Gasteiger partial charge in [-0.1, -0.05) is 102 Å². The molecular weight excluding hydrogens is 567 g/mol. The zero-order valence-electron chi connectivity index (χ0n) is 24.6. The van der Waals surface area contributed by atoms with E-state index in [1.807, 2.05) is 12.1 Å². The second-order valence-electron chi connectivity index (χ2n) is 11.8. The molecule has 7 heteroatoms. The summed E-state index contributed by atoms with van der Waals surface area (Å²) in [5.41, 5.74) is 6.92. The molecular formula is C34H40Cl2N4S. The standard InChI is InChI=1S/C34H40Cl2N4S/c1-5-9-11-21(7-3)19-39-27-17-23(35)13-15-25(27)29-31-32(38-41-37-31)30-26-16-14-24(36)18-28(26)40(34(30)33(29)39)20-22(8-4)12-10-6-2/h13-18,21-22H,5-12,19-20H2,1-4H3. The van der Waals surface area contributed by atoms with Crippen molar-refractivity contribution >= 4 is 89.6 Å². The van der Waals surface area contributed by atoms with Crippen LogP contribution in [0.2, 0.25) is 10.0 Å². The van der Waals surface area contributed by atoms with Gasteiger partial charge in [0.1, 0.15) is 11.0 Å². The van der Waals surface area contributed by atoms with Gasteiger partial charge in [0.2, 0.25) is 0 Å². The summed E-state index contributed by atoms with van der Waals surface area (Å²) in [7, 11) is 0. The van der Waals surface area contributed by atoms with Gasteiger partial charge >= 0.3 is 0 Å². The highest BCUT2D eigenvalue weighted by molar-refractivity contribution is 7.00. The minimum atomic E-state index is 0.590. The number of unbranched alkanes of at least 4 members (excludes halogenated alkanes) is 2. The quantitative estimate of drug-likeness (QED) is 0.139. The van der Waals surface area contributed by atoms with Crippen LogP contribution in [0.5, 0.6) is 0 Å². The molecule has 0 fully saturated rings. The Morgan fingerprint density at radius 2 is 1.12 bits per heavy atom. The zero-order valence-corrected chi connectivity index (χ0v) is 27.0. The smallest absolute Gasteiger partial charge is 0.115 e. The second-order valence-corrected chi connectivity index (χ2v) is 13.2. The highest BCUT2D eigenvalue weighted by Crippen LogP contribution is 2.45. The second kappa shape index (κ2) is 12.1. The predicted octanol–water partition coefficient (Wildman–Crippen LogP) is 11.6. The van der Waals surface area contributed by atoms with E-state index in [9.17, 15) is 0 Å². The largest absolute Gasteiger partial charge is 0.338 e. The van der Waals surface area contributed by atoms with Gasteiger partial charge in [-0.3, -0.25) is 0 Å². The summed E-state index contributed by atoms with van der Waals surface area (Å²) < 4.78 is 15.0. The van der Waals surface area contributed by atoms with E-state index in [4.69, 9.17) is 31.9 Å². The topological polar surface area (TPSA) is 35.6 Å². The van der Waals surface area contributed by atoms with Gasteiger partial charge in [-0.2, -0.15) is 8.75 Å². The molecule has 2 unspecified atom stereocenters. The average molecular weight is 608 g/mol. The fourth-order valence-electron chi connectivity index (χ4n) is 6.86. The van der Waals surface area contributed by atoms with Crippen LogP contribution in [0.25, 0.3) is 54.6 Å². The van der Waals surface area contributed by atoms with E-state index >= 15 is 0 Å². The van der Waals surface area contributed by atoms with Gasteiger partial charge in [0, 0.05) is 44.7 Å². The third kappa shape index (κ3) is 5.02. The molecule has 0 saturated carbocycles. The van der Waals surface area contributed by atoms with Crippen LogP contribution < -0.4 is 0 Å². The van der Waals surface area contributed by atoms with Crippen LogP contribution in [-0.2, 0) is 13.1 Å². The van der Waals surface area contributed by atoms with Crippen LogP contribution in [0, 0.1) is 11.8 Å². The summed E-state index contributed by atoms with van der Waals surface area (Å²) in [6.45, 7) is 11.2. The number of halogens is 2. The first-order chi connectivity index (χ1) is 20.0. The van der Waals surface area contributed by atoms with Crippen LogP contribution in [0.3, 0.4) is 0 Å². The van der Waals surface area contributed by atoms with Gasteiger partial charge in [-0.15, -0.1) is 0 Å². The van der Waals surface area contributed by atoms with Crippen molar-refractivity contribution in [2.45, 2.75) is 92.2 Å². The molecule has 0 aliphatic heterocycles. The lowest BCUT2D eigenvalue weighted by atomic mass is 9.99. The predicted molar refractivity (Wildman–Crippen MR) is 180 cm³/mol. The molecule has 0 aliphatic carbocycles. The van der Waals surface area contributed by atoms with E-state index in [0.717, 1.165) is 47.0 Å². The maximum atomic E-state index is 6.68. The Morgan fingerprint density at radius 3 is 1.51 bits per heavy atom. The van der Waals surface area contributed by atoms with Gasteiger partial charge in [-0.05, 0) is 48.9 Å². The number of hydrogen-bond donors (Lipinski definition) is 0. The molecule has 2 atom stereocenters. The molecule has 216 valence electrons. The molecule has 0 saturated heterocycles. The van der Waals surface area contributed by atoms with Crippen LogP contribution in [0.4, 0.5) is 0 Å². The van der Waals surface area contributed by atoms with Crippen LogP contribution in [-0.4, -0.2) is 17.9 Å². The maximum Gasteiger partial charge on any atom is 0.115 e. The normalized spacial score (nSPS) is 13.9. The van der Waals surface area contributed by atoms with Gasteiger partial charge < -0.3 is 9.13 Å². The fourth-order valence-corrected chi connectivity index (χ4v) is 7.76. The number of hydrogen-bond acceptors (Lipinski definition) is 3. The third-order valence-electron chi connectivity index (χ3n) is 9.21. The Morgan fingerprint density at radius 1 is 0.683 bits per heavy atom. The summed E-state index contributed by atoms with van der Waals surface area (Å²) >= 11 is 14.7. The monoisotopic (exact) mass is 606 g/mol. The van der Waals surface area contributed by atoms with Crippen molar-refractivity contribution in [3.8, 4) is 0 Å². The van der Waals surface area contributed by atoms with Crippen LogP contribution in [0.1, 0.15) is 79.1 Å². The maximum absolute atomic E-state index is 6.68. The first-order valence-electron chi connectivity index (χ1n) is 15.5. The van der Waals surface area contributed by atoms with E-state index in [-0.39, 0.29) is 0 Å². The van der Waals surface area contributed by atoms with Gasteiger partial charge in [0.05, 0.1) is 33.8 Å². The lowest BCUT2D eigenvalue weighted by Gasteiger charge is -2.20. The summed E-state index contributed by atoms with van der Waals surface area (Å²) in [6, 6.07) is 12.7. The minimum Gasteiger partial charge on any atom is -0.338 e. The van der Waals surface area contributed by atoms with Gasteiger partial charge in [0.25, 0.3) is 0 Å². The van der Waals surface area contributed by atoms with Crippen molar-refractivity contribution in [3.05, 3.63) is 46.4 Å². The Bertz CT molecular complexity index is 1710. The number of aromatic nitrogens is 4. The molecule has 3 aromatic carbocycles. The first kappa shape index (κ1) is 28.8. The van der Waals surface area contributed by atoms with Gasteiger partial charge in [0.15, 0.2) is 0 Å². The molecule has 0 amide bonds. The molecule has 41 heavy (non-hydrogen) atoms. The van der Waals surface area contributed by atoms with Crippen LogP contribution in [0.15, 0.2) is 36.4 Å². The van der Waals surface area contributed by atoms with E-state index in [1.54, 1.807) is 0 Å². The SMILES string of the molecule is CCCCC(CC)Cn1c2cc(Cl)ccc2c2c3nsnc3c3c4ccc(Cl)cc4n(CC(CC)CCCC)c3c21. The van der Waals surface area contributed by atoms with Crippen LogP contribution >= 0.6 is 34.9 Å². The Hall–Kier alpha value is -2.34. The molecule has 6 rings (SSSR count). The zero-order chi connectivity index (χ0) is 28.7. The number of nitrogens with zero attached hydrogens (tertiary/aromatic N) is 4. The molecule has 0 N–H and O–H groups in total. The van der Waals surface area contributed by atoms with E-state index in [2.05, 4.69) is 61.1 Å². The molecule has 3 aromatic heterocycles. The molecule has 6 aromatic rings. The highest BCUT2D eigenvalue weighted by atomic mass is 35.5. The Kier molecular flexibility index (Phi) is 8.49.